The summed E-state index contributed by atoms with van der Waals surface area (Å²) in [7, 11) is 2.15. The summed E-state index contributed by atoms with van der Waals surface area (Å²) in [6.07, 6.45) is 5.04. The molecule has 1 aliphatic rings. The number of carboxylic acid groups (broad SMARTS) is 1. The Kier molecular flexibility index (Phi) is 8.01. The van der Waals surface area contributed by atoms with Gasteiger partial charge in [-0.1, -0.05) is 69.3 Å². The lowest BCUT2D eigenvalue weighted by Crippen LogP contribution is -2.43. The van der Waals surface area contributed by atoms with Crippen molar-refractivity contribution in [2.45, 2.75) is 27.3 Å². The number of piperazine rings is 1. The van der Waals surface area contributed by atoms with Gasteiger partial charge in [0.2, 0.25) is 0 Å². The van der Waals surface area contributed by atoms with E-state index in [-0.39, 0.29) is 5.78 Å². The van der Waals surface area contributed by atoms with Crippen molar-refractivity contribution in [3.63, 3.8) is 0 Å². The van der Waals surface area contributed by atoms with Crippen LogP contribution in [0, 0.1) is 5.41 Å². The van der Waals surface area contributed by atoms with E-state index in [1.54, 1.807) is 18.2 Å². The summed E-state index contributed by atoms with van der Waals surface area (Å²) in [4.78, 5) is 29.0. The predicted octanol–water partition coefficient (Wildman–Crippen LogP) is 4.84. The van der Waals surface area contributed by atoms with Crippen LogP contribution in [0.2, 0.25) is 0 Å². The van der Waals surface area contributed by atoms with Gasteiger partial charge in [-0.2, -0.15) is 0 Å². The third-order valence-corrected chi connectivity index (χ3v) is 5.93. The molecule has 0 aromatic heterocycles. The Bertz CT molecular complexity index is 1040. The maximum Gasteiger partial charge on any atom is 0.332 e. The Morgan fingerprint density at radius 2 is 1.61 bits per heavy atom. The molecule has 0 amide bonds. The summed E-state index contributed by atoms with van der Waals surface area (Å²) in [5.74, 6) is -0.974. The highest BCUT2D eigenvalue weighted by atomic mass is 16.4. The van der Waals surface area contributed by atoms with Crippen molar-refractivity contribution in [3.05, 3.63) is 82.4 Å². The number of hydrogen-bond donors (Lipinski definition) is 1. The van der Waals surface area contributed by atoms with Crippen molar-refractivity contribution < 1.29 is 14.7 Å². The lowest BCUT2D eigenvalue weighted by molar-refractivity contribution is -0.133. The van der Waals surface area contributed by atoms with E-state index in [2.05, 4.69) is 16.8 Å². The monoisotopic (exact) mass is 446 g/mol. The van der Waals surface area contributed by atoms with Gasteiger partial charge in [0.25, 0.3) is 0 Å². The van der Waals surface area contributed by atoms with Crippen LogP contribution in [-0.2, 0) is 11.3 Å². The molecule has 1 fully saturated rings. The molecule has 1 saturated heterocycles. The second kappa shape index (κ2) is 10.7. The first kappa shape index (κ1) is 24.6. The number of benzene rings is 2. The van der Waals surface area contributed by atoms with E-state index in [1.807, 2.05) is 69.3 Å². The molecule has 1 N–H and O–H groups in total. The zero-order valence-corrected chi connectivity index (χ0v) is 20.0. The number of carbonyl (C=O) groups excluding carboxylic acids is 1. The predicted molar refractivity (Wildman–Crippen MR) is 134 cm³/mol. The highest BCUT2D eigenvalue weighted by Crippen LogP contribution is 2.27. The van der Waals surface area contributed by atoms with Gasteiger partial charge in [-0.05, 0) is 47.4 Å². The van der Waals surface area contributed by atoms with Crippen molar-refractivity contribution in [3.8, 4) is 0 Å². The lowest BCUT2D eigenvalue weighted by atomic mass is 9.85. The van der Waals surface area contributed by atoms with Crippen LogP contribution in [0.3, 0.4) is 0 Å². The number of nitrogens with zero attached hydrogens (tertiary/aromatic N) is 2. The number of ketones is 1. The van der Waals surface area contributed by atoms with E-state index in [1.165, 1.54) is 5.56 Å². The standard InChI is InChI=1S/C28H34N2O3/c1-28(2,3)25(27(32)33)19-23-7-5-6-21(18-23)10-13-26(31)24-11-8-22(9-12-24)20-30-16-14-29(4)15-17-30/h5-13,18-19H,14-17,20H2,1-4H3,(H,32,33). The Morgan fingerprint density at radius 1 is 0.970 bits per heavy atom. The van der Waals surface area contributed by atoms with Gasteiger partial charge in [-0.15, -0.1) is 0 Å². The minimum Gasteiger partial charge on any atom is -0.478 e. The summed E-state index contributed by atoms with van der Waals surface area (Å²) in [6.45, 7) is 10.9. The van der Waals surface area contributed by atoms with Gasteiger partial charge in [-0.3, -0.25) is 9.69 Å². The second-order valence-corrected chi connectivity index (χ2v) is 9.76. The molecule has 2 aromatic carbocycles. The maximum atomic E-state index is 12.6. The number of rotatable bonds is 7. The molecule has 5 nitrogen and oxygen atoms in total. The van der Waals surface area contributed by atoms with Crippen LogP contribution in [0.1, 0.15) is 47.8 Å². The molecule has 0 aliphatic carbocycles. The van der Waals surface area contributed by atoms with E-state index in [0.717, 1.165) is 43.9 Å². The molecule has 0 bridgehead atoms. The fourth-order valence-electron chi connectivity index (χ4n) is 3.82. The number of likely N-dealkylation sites (N-methyl/N-ethyl adjacent to an activating group) is 1. The first-order chi connectivity index (χ1) is 15.6. The zero-order valence-electron chi connectivity index (χ0n) is 20.0. The van der Waals surface area contributed by atoms with Gasteiger partial charge < -0.3 is 10.0 Å². The minimum atomic E-state index is -0.922. The van der Waals surface area contributed by atoms with Crippen molar-refractivity contribution in [1.29, 1.82) is 0 Å². The van der Waals surface area contributed by atoms with Gasteiger partial charge >= 0.3 is 5.97 Å². The molecule has 1 aliphatic heterocycles. The largest absolute Gasteiger partial charge is 0.478 e. The van der Waals surface area contributed by atoms with Crippen molar-refractivity contribution in [1.82, 2.24) is 9.80 Å². The van der Waals surface area contributed by atoms with E-state index in [9.17, 15) is 14.7 Å². The Balaban J connectivity index is 1.66. The van der Waals surface area contributed by atoms with E-state index < -0.39 is 11.4 Å². The molecule has 33 heavy (non-hydrogen) atoms. The number of carbonyl (C=O) groups is 2. The quantitative estimate of drug-likeness (QED) is 0.487. The normalized spacial score (nSPS) is 16.3. The molecule has 0 spiro atoms. The van der Waals surface area contributed by atoms with Crippen LogP contribution in [0.25, 0.3) is 12.2 Å². The summed E-state index contributed by atoms with van der Waals surface area (Å²) in [5.41, 5.74) is 3.39. The molecule has 0 unspecified atom stereocenters. The van der Waals surface area contributed by atoms with Crippen molar-refractivity contribution in [2.75, 3.05) is 33.2 Å². The highest BCUT2D eigenvalue weighted by Gasteiger charge is 2.23. The van der Waals surface area contributed by atoms with E-state index in [4.69, 9.17) is 0 Å². The second-order valence-electron chi connectivity index (χ2n) is 9.76. The smallest absolute Gasteiger partial charge is 0.332 e. The number of allylic oxidation sites excluding steroid dienone is 1. The van der Waals surface area contributed by atoms with Crippen LogP contribution >= 0.6 is 0 Å². The van der Waals surface area contributed by atoms with E-state index >= 15 is 0 Å². The van der Waals surface area contributed by atoms with Gasteiger partial charge in [0, 0.05) is 43.9 Å². The average Bonchev–Trinajstić information content (AvgIpc) is 2.77. The maximum absolute atomic E-state index is 12.6. The van der Waals surface area contributed by atoms with Gasteiger partial charge in [-0.25, -0.2) is 4.79 Å². The molecule has 0 saturated carbocycles. The number of carboxylic acids is 1. The van der Waals surface area contributed by atoms with Gasteiger partial charge in [0.15, 0.2) is 5.78 Å². The summed E-state index contributed by atoms with van der Waals surface area (Å²) in [5, 5.41) is 9.53. The third kappa shape index (κ3) is 7.24. The van der Waals surface area contributed by atoms with Crippen LogP contribution in [0.4, 0.5) is 0 Å². The van der Waals surface area contributed by atoms with Crippen LogP contribution in [0.15, 0.2) is 60.2 Å². The molecular weight excluding hydrogens is 412 g/mol. The number of aliphatic carboxylic acids is 1. The molecule has 0 radical (unpaired) electrons. The average molecular weight is 447 g/mol. The van der Waals surface area contributed by atoms with Crippen LogP contribution in [-0.4, -0.2) is 59.9 Å². The van der Waals surface area contributed by atoms with Crippen LogP contribution in [0.5, 0.6) is 0 Å². The Labute approximate surface area is 197 Å². The van der Waals surface area contributed by atoms with Crippen LogP contribution < -0.4 is 0 Å². The SMILES string of the molecule is CN1CCN(Cc2ccc(C(=O)C=Cc3cccc(C=C(C(=O)O)C(C)(C)C)c3)cc2)CC1. The summed E-state index contributed by atoms with van der Waals surface area (Å²) >= 11 is 0. The minimum absolute atomic E-state index is 0.0528. The fraction of sp³-hybridized carbons (Fsp3) is 0.357. The van der Waals surface area contributed by atoms with Crippen molar-refractivity contribution in [2.24, 2.45) is 5.41 Å². The molecule has 174 valence electrons. The van der Waals surface area contributed by atoms with E-state index in [0.29, 0.717) is 11.1 Å². The Hall–Kier alpha value is -3.02. The highest BCUT2D eigenvalue weighted by molar-refractivity contribution is 6.06. The molecule has 0 atom stereocenters. The summed E-state index contributed by atoms with van der Waals surface area (Å²) < 4.78 is 0. The number of hydrogen-bond acceptors (Lipinski definition) is 4. The molecule has 3 rings (SSSR count). The fourth-order valence-corrected chi connectivity index (χ4v) is 3.82. The summed E-state index contributed by atoms with van der Waals surface area (Å²) in [6, 6.07) is 15.4. The van der Waals surface area contributed by atoms with Gasteiger partial charge in [0.05, 0.1) is 0 Å². The topological polar surface area (TPSA) is 60.9 Å². The Morgan fingerprint density at radius 3 is 2.21 bits per heavy atom. The zero-order chi connectivity index (χ0) is 24.0. The first-order valence-electron chi connectivity index (χ1n) is 11.4. The lowest BCUT2D eigenvalue weighted by Gasteiger charge is -2.32. The molecule has 1 heterocycles. The third-order valence-electron chi connectivity index (χ3n) is 5.93. The molecular formula is C28H34N2O3. The first-order valence-corrected chi connectivity index (χ1v) is 11.4. The molecule has 2 aromatic rings. The molecule has 5 heteroatoms. The van der Waals surface area contributed by atoms with Gasteiger partial charge in [0.1, 0.15) is 0 Å². The van der Waals surface area contributed by atoms with Crippen molar-refractivity contribution >= 4 is 23.9 Å².